The molecule has 0 spiro atoms. The first-order chi connectivity index (χ1) is 9.13. The second-order valence-corrected chi connectivity index (χ2v) is 5.50. The molecule has 3 N–H and O–H groups in total. The molecule has 110 valence electrons. The molecule has 5 nitrogen and oxygen atoms in total. The summed E-state index contributed by atoms with van der Waals surface area (Å²) in [6.45, 7) is 12.3. The number of quaternary nitrogens is 1. The zero-order valence-electron chi connectivity index (χ0n) is 12.3. The second-order valence-electron chi connectivity index (χ2n) is 5.09. The Bertz CT molecular complexity index is 301. The van der Waals surface area contributed by atoms with Crippen LogP contribution in [0.4, 0.5) is 0 Å². The van der Waals surface area contributed by atoms with Crippen LogP contribution < -0.4 is 15.6 Å². The molecule has 6 heteroatoms. The van der Waals surface area contributed by atoms with Gasteiger partial charge in [-0.05, 0) is 24.6 Å². The first kappa shape index (κ1) is 16.3. The average molecular weight is 287 g/mol. The van der Waals surface area contributed by atoms with Crippen molar-refractivity contribution in [1.82, 2.24) is 10.7 Å². The van der Waals surface area contributed by atoms with Crippen LogP contribution in [-0.2, 0) is 4.74 Å². The lowest BCUT2D eigenvalue weighted by Crippen LogP contribution is -3.14. The minimum absolute atomic E-state index is 0.457. The van der Waals surface area contributed by atoms with Gasteiger partial charge < -0.3 is 15.0 Å². The minimum atomic E-state index is 0.457. The Morgan fingerprint density at radius 3 is 2.63 bits per heavy atom. The van der Waals surface area contributed by atoms with E-state index in [9.17, 15) is 0 Å². The monoisotopic (exact) mass is 287 g/mol. The number of hydrogen-bond donors (Lipinski definition) is 3. The minimum Gasteiger partial charge on any atom is -0.370 e. The van der Waals surface area contributed by atoms with Gasteiger partial charge in [0.25, 0.3) is 0 Å². The molecule has 0 bridgehead atoms. The molecule has 0 aliphatic carbocycles. The van der Waals surface area contributed by atoms with Crippen molar-refractivity contribution >= 4 is 23.0 Å². The Labute approximate surface area is 121 Å². The van der Waals surface area contributed by atoms with Gasteiger partial charge in [-0.25, -0.2) is 0 Å². The number of nitrogens with one attached hydrogen (secondary N) is 3. The molecule has 19 heavy (non-hydrogen) atoms. The Kier molecular flexibility index (Phi) is 7.93. The lowest BCUT2D eigenvalue weighted by Gasteiger charge is -2.23. The summed E-state index contributed by atoms with van der Waals surface area (Å²) in [4.78, 5) is 1.57. The molecule has 0 aromatic rings. The van der Waals surface area contributed by atoms with Gasteiger partial charge in [-0.2, -0.15) is 5.10 Å². The first-order valence-corrected chi connectivity index (χ1v) is 7.56. The lowest BCUT2D eigenvalue weighted by atomic mass is 10.1. The highest BCUT2D eigenvalue weighted by molar-refractivity contribution is 7.80. The van der Waals surface area contributed by atoms with Gasteiger partial charge in [-0.15, -0.1) is 0 Å². The Balaban J connectivity index is 2.16. The first-order valence-electron chi connectivity index (χ1n) is 7.15. The molecule has 0 aromatic heterocycles. The molecule has 1 heterocycles. The van der Waals surface area contributed by atoms with Crippen molar-refractivity contribution in [2.24, 2.45) is 11.0 Å². The maximum absolute atomic E-state index is 5.33. The van der Waals surface area contributed by atoms with Crippen molar-refractivity contribution < 1.29 is 9.64 Å². The summed E-state index contributed by atoms with van der Waals surface area (Å²) in [7, 11) is 0. The number of ether oxygens (including phenoxy) is 1. The van der Waals surface area contributed by atoms with Crippen LogP contribution in [0.15, 0.2) is 5.10 Å². The molecular formula is C13H27N4OS+. The van der Waals surface area contributed by atoms with E-state index in [4.69, 9.17) is 17.0 Å². The average Bonchev–Trinajstić information content (AvgIpc) is 2.40. The molecule has 1 rings (SSSR count). The molecule has 1 aliphatic rings. The second kappa shape index (κ2) is 9.23. The van der Waals surface area contributed by atoms with Gasteiger partial charge in [-0.1, -0.05) is 20.8 Å². The number of rotatable bonds is 6. The molecule has 0 saturated carbocycles. The molecule has 1 fully saturated rings. The van der Waals surface area contributed by atoms with E-state index in [1.807, 2.05) is 0 Å². The summed E-state index contributed by atoms with van der Waals surface area (Å²) >= 11 is 5.21. The number of thiocarbonyl (C=S) groups is 1. The van der Waals surface area contributed by atoms with Crippen LogP contribution in [-0.4, -0.2) is 50.2 Å². The van der Waals surface area contributed by atoms with Crippen LogP contribution in [0.3, 0.4) is 0 Å². The van der Waals surface area contributed by atoms with E-state index in [-0.39, 0.29) is 0 Å². The zero-order valence-corrected chi connectivity index (χ0v) is 13.1. The van der Waals surface area contributed by atoms with Crippen molar-refractivity contribution in [3.8, 4) is 0 Å². The third-order valence-electron chi connectivity index (χ3n) is 3.29. The van der Waals surface area contributed by atoms with Gasteiger partial charge in [0.1, 0.15) is 13.1 Å². The topological polar surface area (TPSA) is 50.1 Å². The molecular weight excluding hydrogens is 260 g/mol. The Morgan fingerprint density at radius 1 is 1.37 bits per heavy atom. The molecule has 0 amide bonds. The predicted octanol–water partition coefficient (Wildman–Crippen LogP) is -0.212. The van der Waals surface area contributed by atoms with Crippen molar-refractivity contribution in [3.63, 3.8) is 0 Å². The SMILES string of the molecule is CC/C(=N/NC(=S)NCC[NH+]1CCOCC1)C(C)C. The summed E-state index contributed by atoms with van der Waals surface area (Å²) in [6.07, 6.45) is 0.950. The number of hydrazone groups is 1. The van der Waals surface area contributed by atoms with E-state index >= 15 is 0 Å². The zero-order chi connectivity index (χ0) is 14.1. The summed E-state index contributed by atoms with van der Waals surface area (Å²) in [6, 6.07) is 0. The van der Waals surface area contributed by atoms with Crippen molar-refractivity contribution in [2.45, 2.75) is 27.2 Å². The fraction of sp³-hybridized carbons (Fsp3) is 0.846. The van der Waals surface area contributed by atoms with E-state index in [0.717, 1.165) is 51.5 Å². The van der Waals surface area contributed by atoms with Gasteiger partial charge >= 0.3 is 0 Å². The number of morpholine rings is 1. The highest BCUT2D eigenvalue weighted by atomic mass is 32.1. The third kappa shape index (κ3) is 6.84. The van der Waals surface area contributed by atoms with Crippen LogP contribution in [0.25, 0.3) is 0 Å². The van der Waals surface area contributed by atoms with E-state index in [0.29, 0.717) is 11.0 Å². The molecule has 0 radical (unpaired) electrons. The quantitative estimate of drug-likeness (QED) is 0.359. The van der Waals surface area contributed by atoms with E-state index in [2.05, 4.69) is 36.6 Å². The van der Waals surface area contributed by atoms with E-state index in [1.54, 1.807) is 4.90 Å². The molecule has 1 saturated heterocycles. The van der Waals surface area contributed by atoms with Gasteiger partial charge in [0, 0.05) is 5.71 Å². The summed E-state index contributed by atoms with van der Waals surface area (Å²) in [5, 5.41) is 8.15. The van der Waals surface area contributed by atoms with Gasteiger partial charge in [0.05, 0.1) is 26.3 Å². The molecule has 0 aromatic carbocycles. The van der Waals surface area contributed by atoms with Crippen LogP contribution in [0.2, 0.25) is 0 Å². The Morgan fingerprint density at radius 2 is 2.05 bits per heavy atom. The fourth-order valence-corrected chi connectivity index (χ4v) is 2.19. The van der Waals surface area contributed by atoms with Gasteiger partial charge in [0.2, 0.25) is 0 Å². The highest BCUT2D eigenvalue weighted by Crippen LogP contribution is 1.99. The molecule has 1 aliphatic heterocycles. The standard InChI is InChI=1S/C13H26N4OS/c1-4-12(11(2)3)15-16-13(19)14-5-6-17-7-9-18-10-8-17/h11H,4-10H2,1-3H3,(H2,14,16,19)/p+1/b15-12-. The summed E-state index contributed by atoms with van der Waals surface area (Å²) < 4.78 is 5.33. The predicted molar refractivity (Wildman–Crippen MR) is 82.7 cm³/mol. The fourth-order valence-electron chi connectivity index (χ4n) is 2.04. The molecule has 0 unspecified atom stereocenters. The van der Waals surface area contributed by atoms with Gasteiger partial charge in [0.15, 0.2) is 5.11 Å². The molecule has 0 atom stereocenters. The largest absolute Gasteiger partial charge is 0.370 e. The van der Waals surface area contributed by atoms with Crippen LogP contribution in [0.1, 0.15) is 27.2 Å². The van der Waals surface area contributed by atoms with Crippen molar-refractivity contribution in [1.29, 1.82) is 0 Å². The lowest BCUT2D eigenvalue weighted by molar-refractivity contribution is -0.906. The van der Waals surface area contributed by atoms with E-state index in [1.165, 1.54) is 0 Å². The summed E-state index contributed by atoms with van der Waals surface area (Å²) in [5.41, 5.74) is 4.07. The summed E-state index contributed by atoms with van der Waals surface area (Å²) in [5.74, 6) is 0.457. The highest BCUT2D eigenvalue weighted by Gasteiger charge is 2.12. The Hall–Kier alpha value is -0.720. The maximum atomic E-state index is 5.33. The number of hydrogen-bond acceptors (Lipinski definition) is 3. The van der Waals surface area contributed by atoms with Crippen LogP contribution in [0.5, 0.6) is 0 Å². The van der Waals surface area contributed by atoms with E-state index < -0.39 is 0 Å². The smallest absolute Gasteiger partial charge is 0.187 e. The normalized spacial score (nSPS) is 17.6. The van der Waals surface area contributed by atoms with Gasteiger partial charge in [-0.3, -0.25) is 5.43 Å². The number of nitrogens with zero attached hydrogens (tertiary/aromatic N) is 1. The van der Waals surface area contributed by atoms with Crippen LogP contribution >= 0.6 is 12.2 Å². The third-order valence-corrected chi connectivity index (χ3v) is 3.53. The van der Waals surface area contributed by atoms with Crippen molar-refractivity contribution in [3.05, 3.63) is 0 Å². The van der Waals surface area contributed by atoms with Crippen molar-refractivity contribution in [2.75, 3.05) is 39.4 Å². The van der Waals surface area contributed by atoms with Crippen LogP contribution in [0, 0.1) is 5.92 Å². The maximum Gasteiger partial charge on any atom is 0.187 e.